The summed E-state index contributed by atoms with van der Waals surface area (Å²) in [6, 6.07) is 4.74. The first-order valence-electron chi connectivity index (χ1n) is 5.99. The molecule has 3 nitrogen and oxygen atoms in total. The molecule has 1 aromatic rings. The second kappa shape index (κ2) is 4.71. The molecule has 1 aliphatic carbocycles. The number of hydrogen-bond donors (Lipinski definition) is 1. The molecule has 1 atom stereocenters. The number of rotatable bonds is 4. The van der Waals surface area contributed by atoms with Crippen LogP contribution in [0.3, 0.4) is 0 Å². The average molecular weight is 217 g/mol. The lowest BCUT2D eigenvalue weighted by molar-refractivity contribution is 0.240. The first kappa shape index (κ1) is 11.2. The highest BCUT2D eigenvalue weighted by Gasteiger charge is 2.23. The van der Waals surface area contributed by atoms with Crippen LogP contribution in [0.5, 0.6) is 0 Å². The van der Waals surface area contributed by atoms with Crippen molar-refractivity contribution < 1.29 is 0 Å². The third-order valence-corrected chi connectivity index (χ3v) is 3.66. The van der Waals surface area contributed by atoms with Crippen molar-refractivity contribution in [3.8, 4) is 6.07 Å². The van der Waals surface area contributed by atoms with Crippen LogP contribution < -0.4 is 5.32 Å². The zero-order chi connectivity index (χ0) is 11.5. The van der Waals surface area contributed by atoms with Crippen LogP contribution in [0.15, 0.2) is 12.3 Å². The molecule has 2 rings (SSSR count). The maximum Gasteiger partial charge on any atom is 0.120 e. The highest BCUT2D eigenvalue weighted by atomic mass is 15.0. The molecule has 1 N–H and O–H groups in total. The van der Waals surface area contributed by atoms with Crippen LogP contribution in [0, 0.1) is 17.2 Å². The zero-order valence-electron chi connectivity index (χ0n) is 10.0. The van der Waals surface area contributed by atoms with Crippen molar-refractivity contribution in [3.63, 3.8) is 0 Å². The van der Waals surface area contributed by atoms with Crippen LogP contribution in [-0.4, -0.2) is 10.6 Å². The molecule has 0 amide bonds. The average Bonchev–Trinajstić information content (AvgIpc) is 2.53. The third-order valence-electron chi connectivity index (χ3n) is 3.66. The van der Waals surface area contributed by atoms with Crippen molar-refractivity contribution >= 4 is 0 Å². The summed E-state index contributed by atoms with van der Waals surface area (Å²) >= 11 is 0. The van der Waals surface area contributed by atoms with Crippen molar-refractivity contribution in [2.75, 3.05) is 0 Å². The maximum atomic E-state index is 8.85. The van der Waals surface area contributed by atoms with Gasteiger partial charge in [0.2, 0.25) is 0 Å². The lowest BCUT2D eigenvalue weighted by atomic mass is 9.80. The fourth-order valence-corrected chi connectivity index (χ4v) is 2.23. The monoisotopic (exact) mass is 217 g/mol. The van der Waals surface area contributed by atoms with Gasteiger partial charge in [0.05, 0.1) is 0 Å². The number of aromatic nitrogens is 1. The lowest BCUT2D eigenvalue weighted by Crippen LogP contribution is -2.36. The minimum absolute atomic E-state index is 0.597. The molecule has 3 heteroatoms. The van der Waals surface area contributed by atoms with Gasteiger partial charge in [-0.25, -0.2) is 0 Å². The molecule has 0 saturated heterocycles. The molecule has 86 valence electrons. The molecule has 16 heavy (non-hydrogen) atoms. The van der Waals surface area contributed by atoms with Gasteiger partial charge in [0, 0.05) is 25.8 Å². The summed E-state index contributed by atoms with van der Waals surface area (Å²) in [5.41, 5.74) is 1.93. The minimum Gasteiger partial charge on any atom is -0.342 e. The number of nitrogens with one attached hydrogen (secondary N) is 1. The smallest absolute Gasteiger partial charge is 0.120 e. The van der Waals surface area contributed by atoms with E-state index in [1.54, 1.807) is 0 Å². The van der Waals surface area contributed by atoms with Crippen LogP contribution in [0.4, 0.5) is 0 Å². The molecule has 1 aliphatic rings. The van der Waals surface area contributed by atoms with Gasteiger partial charge in [-0.15, -0.1) is 0 Å². The molecular weight excluding hydrogens is 198 g/mol. The number of nitrogens with zero attached hydrogens (tertiary/aromatic N) is 2. The van der Waals surface area contributed by atoms with Crippen LogP contribution in [0.2, 0.25) is 0 Å². The molecule has 0 aliphatic heterocycles. The van der Waals surface area contributed by atoms with Gasteiger partial charge in [-0.2, -0.15) is 5.26 Å². The first-order chi connectivity index (χ1) is 7.70. The van der Waals surface area contributed by atoms with E-state index >= 15 is 0 Å². The quantitative estimate of drug-likeness (QED) is 0.839. The van der Waals surface area contributed by atoms with E-state index in [1.165, 1.54) is 24.8 Å². The van der Waals surface area contributed by atoms with E-state index in [2.05, 4.69) is 18.3 Å². The Morgan fingerprint density at radius 3 is 2.88 bits per heavy atom. The van der Waals surface area contributed by atoms with Gasteiger partial charge in [-0.05, 0) is 37.3 Å². The van der Waals surface area contributed by atoms with E-state index < -0.39 is 0 Å². The van der Waals surface area contributed by atoms with Crippen molar-refractivity contribution in [1.82, 2.24) is 9.88 Å². The van der Waals surface area contributed by atoms with Gasteiger partial charge in [0.25, 0.3) is 0 Å². The molecule has 0 aromatic carbocycles. The molecular formula is C13H19N3. The Labute approximate surface area is 97.1 Å². The highest BCUT2D eigenvalue weighted by Crippen LogP contribution is 2.29. The van der Waals surface area contributed by atoms with Crippen molar-refractivity contribution in [1.29, 1.82) is 5.26 Å². The second-order valence-electron chi connectivity index (χ2n) is 4.82. The van der Waals surface area contributed by atoms with Crippen LogP contribution in [0.25, 0.3) is 0 Å². The topological polar surface area (TPSA) is 40.8 Å². The van der Waals surface area contributed by atoms with Crippen LogP contribution >= 0.6 is 0 Å². The largest absolute Gasteiger partial charge is 0.342 e. The number of nitriles is 1. The van der Waals surface area contributed by atoms with Gasteiger partial charge >= 0.3 is 0 Å². The Balaban J connectivity index is 1.86. The molecule has 1 saturated carbocycles. The summed E-state index contributed by atoms with van der Waals surface area (Å²) in [5.74, 6) is 0.860. The van der Waals surface area contributed by atoms with E-state index in [1.807, 2.05) is 23.9 Å². The van der Waals surface area contributed by atoms with Gasteiger partial charge in [-0.1, -0.05) is 6.42 Å². The Bertz CT molecular complexity index is 396. The SMILES string of the molecule is CC(NCc1cc(C#N)n(C)c1)C1CCC1. The van der Waals surface area contributed by atoms with Crippen molar-refractivity contribution in [3.05, 3.63) is 23.5 Å². The summed E-state index contributed by atoms with van der Waals surface area (Å²) < 4.78 is 1.88. The Kier molecular flexibility index (Phi) is 3.31. The van der Waals surface area contributed by atoms with E-state index in [0.29, 0.717) is 6.04 Å². The number of aryl methyl sites for hydroxylation is 1. The van der Waals surface area contributed by atoms with Crippen molar-refractivity contribution in [2.24, 2.45) is 13.0 Å². The minimum atomic E-state index is 0.597. The Morgan fingerprint density at radius 1 is 1.62 bits per heavy atom. The summed E-state index contributed by atoms with van der Waals surface area (Å²) in [5, 5.41) is 12.4. The molecule has 0 bridgehead atoms. The van der Waals surface area contributed by atoms with E-state index in [4.69, 9.17) is 5.26 Å². The fourth-order valence-electron chi connectivity index (χ4n) is 2.23. The van der Waals surface area contributed by atoms with Gasteiger partial charge in [0.15, 0.2) is 0 Å². The lowest BCUT2D eigenvalue weighted by Gasteiger charge is -2.32. The molecule has 1 unspecified atom stereocenters. The standard InChI is InChI=1S/C13H19N3/c1-10(12-4-3-5-12)15-8-11-6-13(7-14)16(2)9-11/h6,9-10,12,15H,3-5,8H2,1-2H3. The molecule has 0 radical (unpaired) electrons. The van der Waals surface area contributed by atoms with Gasteiger partial charge in [0.1, 0.15) is 11.8 Å². The van der Waals surface area contributed by atoms with Gasteiger partial charge < -0.3 is 9.88 Å². The summed E-state index contributed by atoms with van der Waals surface area (Å²) in [6.07, 6.45) is 6.15. The number of hydrogen-bond acceptors (Lipinski definition) is 2. The van der Waals surface area contributed by atoms with Crippen LogP contribution in [0.1, 0.15) is 37.4 Å². The maximum absolute atomic E-state index is 8.85. The molecule has 1 heterocycles. The van der Waals surface area contributed by atoms with Gasteiger partial charge in [-0.3, -0.25) is 0 Å². The Morgan fingerprint density at radius 2 is 2.38 bits per heavy atom. The van der Waals surface area contributed by atoms with E-state index in [-0.39, 0.29) is 0 Å². The second-order valence-corrected chi connectivity index (χ2v) is 4.82. The third kappa shape index (κ3) is 2.28. The Hall–Kier alpha value is -1.27. The predicted octanol–water partition coefficient (Wildman–Crippen LogP) is 2.17. The normalized spacial score (nSPS) is 17.8. The fraction of sp³-hybridized carbons (Fsp3) is 0.615. The summed E-state index contributed by atoms with van der Waals surface area (Å²) in [6.45, 7) is 3.13. The summed E-state index contributed by atoms with van der Waals surface area (Å²) in [4.78, 5) is 0. The summed E-state index contributed by atoms with van der Waals surface area (Å²) in [7, 11) is 1.91. The molecule has 1 fully saturated rings. The first-order valence-corrected chi connectivity index (χ1v) is 5.99. The molecule has 1 aromatic heterocycles. The van der Waals surface area contributed by atoms with E-state index in [9.17, 15) is 0 Å². The predicted molar refractivity (Wildman–Crippen MR) is 63.8 cm³/mol. The van der Waals surface area contributed by atoms with E-state index in [0.717, 1.165) is 18.2 Å². The zero-order valence-corrected chi connectivity index (χ0v) is 10.0. The molecule has 0 spiro atoms. The highest BCUT2D eigenvalue weighted by molar-refractivity contribution is 5.28. The van der Waals surface area contributed by atoms with Crippen LogP contribution in [-0.2, 0) is 13.6 Å². The van der Waals surface area contributed by atoms with Crippen molar-refractivity contribution in [2.45, 2.75) is 38.8 Å².